The predicted molar refractivity (Wildman–Crippen MR) is 108 cm³/mol. The Labute approximate surface area is 164 Å². The molecule has 4 heteroatoms. The number of rotatable bonds is 6. The van der Waals surface area contributed by atoms with Crippen LogP contribution in [0.25, 0.3) is 0 Å². The van der Waals surface area contributed by atoms with Gasteiger partial charge in [-0.05, 0) is 67.3 Å². The van der Waals surface area contributed by atoms with Crippen molar-refractivity contribution in [3.05, 3.63) is 63.7 Å². The first-order valence-electron chi connectivity index (χ1n) is 9.20. The van der Waals surface area contributed by atoms with E-state index in [1.165, 1.54) is 6.07 Å². The van der Waals surface area contributed by atoms with Gasteiger partial charge in [0.1, 0.15) is 17.0 Å². The van der Waals surface area contributed by atoms with Gasteiger partial charge in [0.05, 0.1) is 4.90 Å². The minimum absolute atomic E-state index is 0.163. The summed E-state index contributed by atoms with van der Waals surface area (Å²) in [5.74, 6) is 5.31. The summed E-state index contributed by atoms with van der Waals surface area (Å²) in [6, 6.07) is 6.74. The van der Waals surface area contributed by atoms with Crippen molar-refractivity contribution in [1.82, 2.24) is 0 Å². The lowest BCUT2D eigenvalue weighted by Crippen LogP contribution is -2.00. The molecule has 2 aromatic carbocycles. The van der Waals surface area contributed by atoms with E-state index in [0.29, 0.717) is 33.6 Å². The van der Waals surface area contributed by atoms with E-state index in [1.54, 1.807) is 13.0 Å². The fourth-order valence-corrected chi connectivity index (χ4v) is 3.48. The van der Waals surface area contributed by atoms with E-state index in [0.717, 1.165) is 43.0 Å². The molecular weight excluding hydrogens is 360 g/mol. The van der Waals surface area contributed by atoms with Crippen LogP contribution in [0.2, 0.25) is 0 Å². The number of hydrogen-bond donors (Lipinski definition) is 0. The number of unbranched alkanes of at least 4 members (excludes halogenated alkanes) is 2. The molecule has 0 atom stereocenters. The minimum Gasteiger partial charge on any atom is -0.206 e. The van der Waals surface area contributed by atoms with E-state index in [9.17, 15) is 8.78 Å². The molecule has 0 radical (unpaired) electrons. The Kier molecular flexibility index (Phi) is 7.89. The molecule has 0 heterocycles. The van der Waals surface area contributed by atoms with Crippen LogP contribution in [0, 0.1) is 41.1 Å². The number of nitrogens with zero attached hydrogens (tertiary/aromatic N) is 1. The number of thioether (sulfide) groups is 1. The number of halogens is 2. The van der Waals surface area contributed by atoms with Crippen molar-refractivity contribution >= 4 is 11.8 Å². The molecule has 0 bridgehead atoms. The van der Waals surface area contributed by atoms with E-state index < -0.39 is 5.82 Å². The van der Waals surface area contributed by atoms with Crippen molar-refractivity contribution in [1.29, 1.82) is 5.26 Å². The quantitative estimate of drug-likeness (QED) is 0.245. The van der Waals surface area contributed by atoms with Gasteiger partial charge in [-0.1, -0.05) is 44.6 Å². The standard InChI is InChI=1S/C23H23F2NS/c1-4-6-7-8-19-12-11-18(20(5-2)22(19)25)10-9-17-13-16(3)23(27-15-26)21(24)14-17/h11-14H,4-8H2,1-3H3. The summed E-state index contributed by atoms with van der Waals surface area (Å²) < 4.78 is 28.9. The number of benzene rings is 2. The summed E-state index contributed by atoms with van der Waals surface area (Å²) >= 11 is 0.802. The van der Waals surface area contributed by atoms with E-state index in [2.05, 4.69) is 18.8 Å². The molecule has 0 amide bonds. The number of hydrogen-bond acceptors (Lipinski definition) is 2. The topological polar surface area (TPSA) is 23.8 Å². The Morgan fingerprint density at radius 3 is 2.48 bits per heavy atom. The van der Waals surface area contributed by atoms with Crippen molar-refractivity contribution in [2.24, 2.45) is 0 Å². The highest BCUT2D eigenvalue weighted by atomic mass is 32.2. The second kappa shape index (κ2) is 10.1. The second-order valence-electron chi connectivity index (χ2n) is 6.42. The summed E-state index contributed by atoms with van der Waals surface area (Å²) in [5.41, 5.74) is 3.18. The zero-order chi connectivity index (χ0) is 19.8. The molecule has 1 nitrogen and oxygen atoms in total. The largest absolute Gasteiger partial charge is 0.206 e. The molecule has 27 heavy (non-hydrogen) atoms. The predicted octanol–water partition coefficient (Wildman–Crippen LogP) is 6.54. The van der Waals surface area contributed by atoms with Crippen molar-refractivity contribution in [2.75, 3.05) is 0 Å². The van der Waals surface area contributed by atoms with Crippen molar-refractivity contribution < 1.29 is 8.78 Å². The number of thiocyanates is 1. The highest BCUT2D eigenvalue weighted by Gasteiger charge is 2.11. The molecule has 140 valence electrons. The van der Waals surface area contributed by atoms with Crippen LogP contribution in [-0.4, -0.2) is 0 Å². The van der Waals surface area contributed by atoms with Crippen molar-refractivity contribution in [3.8, 4) is 17.2 Å². The molecular formula is C23H23F2NS. The third kappa shape index (κ3) is 5.34. The first-order chi connectivity index (χ1) is 13.0. The van der Waals surface area contributed by atoms with Crippen molar-refractivity contribution in [3.63, 3.8) is 0 Å². The first kappa shape index (κ1) is 21.0. The lowest BCUT2D eigenvalue weighted by Gasteiger charge is -2.09. The van der Waals surface area contributed by atoms with Crippen LogP contribution in [0.4, 0.5) is 8.78 Å². The number of nitriles is 1. The highest BCUT2D eigenvalue weighted by Crippen LogP contribution is 2.26. The summed E-state index contributed by atoms with van der Waals surface area (Å²) in [4.78, 5) is 0.319. The fraction of sp³-hybridized carbons (Fsp3) is 0.348. The Hall–Kier alpha value is -2.30. The van der Waals surface area contributed by atoms with Gasteiger partial charge in [0, 0.05) is 16.7 Å². The van der Waals surface area contributed by atoms with Crippen LogP contribution in [-0.2, 0) is 12.8 Å². The van der Waals surface area contributed by atoms with Gasteiger partial charge in [0.25, 0.3) is 0 Å². The highest BCUT2D eigenvalue weighted by molar-refractivity contribution is 8.03. The molecule has 0 aliphatic heterocycles. The van der Waals surface area contributed by atoms with Gasteiger partial charge >= 0.3 is 0 Å². The zero-order valence-corrected chi connectivity index (χ0v) is 16.8. The van der Waals surface area contributed by atoms with E-state index in [4.69, 9.17) is 5.26 Å². The van der Waals surface area contributed by atoms with Crippen LogP contribution >= 0.6 is 11.8 Å². The van der Waals surface area contributed by atoms with Gasteiger partial charge < -0.3 is 0 Å². The van der Waals surface area contributed by atoms with Gasteiger partial charge in [0.15, 0.2) is 0 Å². The lowest BCUT2D eigenvalue weighted by atomic mass is 9.97. The average Bonchev–Trinajstić information content (AvgIpc) is 2.64. The fourth-order valence-electron chi connectivity index (χ4n) is 3.01. The smallest absolute Gasteiger partial charge is 0.139 e. The maximum Gasteiger partial charge on any atom is 0.139 e. The molecule has 0 fully saturated rings. The van der Waals surface area contributed by atoms with Gasteiger partial charge in [-0.3, -0.25) is 0 Å². The van der Waals surface area contributed by atoms with Gasteiger partial charge in [-0.25, -0.2) is 8.78 Å². The van der Waals surface area contributed by atoms with Crippen LogP contribution in [0.15, 0.2) is 29.2 Å². The third-order valence-electron chi connectivity index (χ3n) is 4.44. The van der Waals surface area contributed by atoms with Gasteiger partial charge in [-0.15, -0.1) is 0 Å². The van der Waals surface area contributed by atoms with Crippen LogP contribution in [0.3, 0.4) is 0 Å². The maximum atomic E-state index is 14.8. The summed E-state index contributed by atoms with van der Waals surface area (Å²) in [7, 11) is 0. The zero-order valence-electron chi connectivity index (χ0n) is 16.0. The molecule has 0 aromatic heterocycles. The monoisotopic (exact) mass is 383 g/mol. The summed E-state index contributed by atoms with van der Waals surface area (Å²) in [6.07, 6.45) is 4.47. The molecule has 2 rings (SSSR count). The van der Waals surface area contributed by atoms with Crippen LogP contribution < -0.4 is 0 Å². The summed E-state index contributed by atoms with van der Waals surface area (Å²) in [5, 5.41) is 10.6. The molecule has 0 unspecified atom stereocenters. The SMILES string of the molecule is CCCCCc1ccc(C#Cc2cc(C)c(SC#N)c(F)c2)c(CC)c1F. The van der Waals surface area contributed by atoms with Crippen molar-refractivity contribution in [2.45, 2.75) is 57.8 Å². The molecule has 0 saturated carbocycles. The average molecular weight is 384 g/mol. The van der Waals surface area contributed by atoms with E-state index in [-0.39, 0.29) is 5.82 Å². The second-order valence-corrected chi connectivity index (χ2v) is 7.22. The van der Waals surface area contributed by atoms with Gasteiger partial charge in [0.2, 0.25) is 0 Å². The molecule has 0 saturated heterocycles. The van der Waals surface area contributed by atoms with Gasteiger partial charge in [-0.2, -0.15) is 5.26 Å². The lowest BCUT2D eigenvalue weighted by molar-refractivity contribution is 0.585. The molecule has 0 aliphatic carbocycles. The molecule has 2 aromatic rings. The Morgan fingerprint density at radius 1 is 1.07 bits per heavy atom. The molecule has 0 spiro atoms. The Morgan fingerprint density at radius 2 is 1.85 bits per heavy atom. The first-order valence-corrected chi connectivity index (χ1v) is 10.0. The van der Waals surface area contributed by atoms with E-state index >= 15 is 0 Å². The Bertz CT molecular complexity index is 893. The minimum atomic E-state index is -0.459. The Balaban J connectivity index is 2.33. The normalized spacial score (nSPS) is 10.2. The number of aryl methyl sites for hydroxylation is 2. The van der Waals surface area contributed by atoms with E-state index in [1.807, 2.05) is 24.5 Å². The molecule has 0 aliphatic rings. The maximum absolute atomic E-state index is 14.8. The summed E-state index contributed by atoms with van der Waals surface area (Å²) in [6.45, 7) is 5.79. The van der Waals surface area contributed by atoms with Crippen LogP contribution in [0.5, 0.6) is 0 Å². The van der Waals surface area contributed by atoms with Crippen LogP contribution in [0.1, 0.15) is 60.9 Å². The third-order valence-corrected chi connectivity index (χ3v) is 5.26. The molecule has 0 N–H and O–H groups in total.